The Morgan fingerprint density at radius 2 is 2.00 bits per heavy atom. The number of rotatable bonds is 6. The second kappa shape index (κ2) is 8.63. The topological polar surface area (TPSA) is 84.5 Å². The van der Waals surface area contributed by atoms with Crippen molar-refractivity contribution in [3.8, 4) is 11.6 Å². The summed E-state index contributed by atoms with van der Waals surface area (Å²) >= 11 is 0. The van der Waals surface area contributed by atoms with Crippen LogP contribution in [0.3, 0.4) is 0 Å². The number of fused-ring (bicyclic) bond motifs is 1. The Hall–Kier alpha value is -3.78. The predicted octanol–water partition coefficient (Wildman–Crippen LogP) is 3.90. The molecule has 5 rings (SSSR count). The molecule has 1 saturated heterocycles. The molecule has 33 heavy (non-hydrogen) atoms. The Bertz CT molecular complexity index is 1280. The molecule has 0 bridgehead atoms. The van der Waals surface area contributed by atoms with Gasteiger partial charge in [0, 0.05) is 37.6 Å². The fourth-order valence-corrected chi connectivity index (χ4v) is 4.46. The molecule has 1 aliphatic rings. The van der Waals surface area contributed by atoms with E-state index in [2.05, 4.69) is 52.4 Å². The lowest BCUT2D eigenvalue weighted by Crippen LogP contribution is -2.31. The minimum atomic E-state index is 0.476. The normalized spacial score (nSPS) is 16.0. The summed E-state index contributed by atoms with van der Waals surface area (Å²) in [7, 11) is 5.90. The molecule has 0 radical (unpaired) electrons. The van der Waals surface area contributed by atoms with Gasteiger partial charge in [-0.3, -0.25) is 0 Å². The Labute approximate surface area is 193 Å². The molecule has 3 N–H and O–H groups in total. The molecule has 1 fully saturated rings. The maximum absolute atomic E-state index is 6.47. The summed E-state index contributed by atoms with van der Waals surface area (Å²) < 4.78 is 7.74. The van der Waals surface area contributed by atoms with Crippen LogP contribution in [-0.4, -0.2) is 59.8 Å². The molecular formula is C25H29N7O. The third-order valence-corrected chi connectivity index (χ3v) is 6.32. The van der Waals surface area contributed by atoms with Crippen molar-refractivity contribution in [1.29, 1.82) is 0 Å². The van der Waals surface area contributed by atoms with E-state index in [1.807, 2.05) is 41.1 Å². The fraction of sp³-hybridized carbons (Fsp3) is 0.280. The van der Waals surface area contributed by atoms with Crippen LogP contribution in [-0.2, 0) is 0 Å². The Balaban J connectivity index is 1.43. The molecule has 3 heterocycles. The van der Waals surface area contributed by atoms with Gasteiger partial charge >= 0.3 is 0 Å². The van der Waals surface area contributed by atoms with Gasteiger partial charge in [-0.05, 0) is 50.2 Å². The molecule has 1 atom stereocenters. The van der Waals surface area contributed by atoms with Crippen molar-refractivity contribution in [2.24, 2.45) is 0 Å². The maximum atomic E-state index is 6.47. The summed E-state index contributed by atoms with van der Waals surface area (Å²) in [6.07, 6.45) is 4.87. The van der Waals surface area contributed by atoms with Crippen molar-refractivity contribution >= 4 is 33.9 Å². The van der Waals surface area contributed by atoms with E-state index in [1.165, 1.54) is 0 Å². The number of nitrogens with zero attached hydrogens (tertiary/aromatic N) is 5. The van der Waals surface area contributed by atoms with Crippen LogP contribution in [0, 0.1) is 0 Å². The molecule has 0 amide bonds. The number of likely N-dealkylation sites (N-methyl/N-ethyl adjacent to an activating group) is 1. The first-order chi connectivity index (χ1) is 16.0. The zero-order valence-corrected chi connectivity index (χ0v) is 19.2. The summed E-state index contributed by atoms with van der Waals surface area (Å²) in [6.45, 7) is 1.92. The number of hydrogen-bond donors (Lipinski definition) is 2. The van der Waals surface area contributed by atoms with Crippen LogP contribution < -0.4 is 20.7 Å². The zero-order valence-electron chi connectivity index (χ0n) is 19.2. The van der Waals surface area contributed by atoms with E-state index in [0.717, 1.165) is 47.6 Å². The van der Waals surface area contributed by atoms with Gasteiger partial charge in [-0.15, -0.1) is 0 Å². The van der Waals surface area contributed by atoms with E-state index >= 15 is 0 Å². The first-order valence-electron chi connectivity index (χ1n) is 11.1. The Kier molecular flexibility index (Phi) is 5.51. The minimum Gasteiger partial charge on any atom is -0.494 e. The number of anilines is 4. The van der Waals surface area contributed by atoms with E-state index in [4.69, 9.17) is 15.5 Å². The van der Waals surface area contributed by atoms with Gasteiger partial charge in [0.15, 0.2) is 0 Å². The molecule has 2 aromatic heterocycles. The van der Waals surface area contributed by atoms with Gasteiger partial charge in [0.2, 0.25) is 5.95 Å². The number of nitrogens with one attached hydrogen (secondary N) is 1. The second-order valence-electron chi connectivity index (χ2n) is 8.57. The maximum Gasteiger partial charge on any atom is 0.229 e. The van der Waals surface area contributed by atoms with Crippen LogP contribution in [0.2, 0.25) is 0 Å². The van der Waals surface area contributed by atoms with E-state index in [-0.39, 0.29) is 0 Å². The number of methoxy groups -OCH3 is 1. The van der Waals surface area contributed by atoms with Gasteiger partial charge in [0.1, 0.15) is 11.6 Å². The number of hydrogen-bond acceptors (Lipinski definition) is 7. The van der Waals surface area contributed by atoms with Gasteiger partial charge in [-0.2, -0.15) is 4.98 Å². The van der Waals surface area contributed by atoms with Crippen molar-refractivity contribution in [2.45, 2.75) is 12.5 Å². The van der Waals surface area contributed by atoms with Crippen molar-refractivity contribution in [1.82, 2.24) is 19.4 Å². The lowest BCUT2D eigenvalue weighted by Gasteiger charge is -2.24. The van der Waals surface area contributed by atoms with Crippen LogP contribution in [0.1, 0.15) is 6.42 Å². The van der Waals surface area contributed by atoms with Crippen LogP contribution in [0.4, 0.5) is 23.0 Å². The quantitative estimate of drug-likeness (QED) is 0.437. The SMILES string of the molecule is COc1cc(N2CC[C@@H](N(C)C)C2)c(N)cc1Nc1nccc(-n2ccc3ccccc32)n1. The molecule has 170 valence electrons. The third-order valence-electron chi connectivity index (χ3n) is 6.32. The van der Waals surface area contributed by atoms with Gasteiger partial charge < -0.3 is 30.2 Å². The molecule has 1 aliphatic heterocycles. The number of para-hydroxylation sites is 1. The smallest absolute Gasteiger partial charge is 0.229 e. The minimum absolute atomic E-state index is 0.476. The molecule has 0 saturated carbocycles. The van der Waals surface area contributed by atoms with E-state index < -0.39 is 0 Å². The van der Waals surface area contributed by atoms with Crippen LogP contribution in [0.25, 0.3) is 16.7 Å². The number of nitrogen functional groups attached to an aromatic ring is 1. The average Bonchev–Trinajstić information content (AvgIpc) is 3.47. The number of nitrogens with two attached hydrogens (primary N) is 1. The number of ether oxygens (including phenoxy) is 1. The van der Waals surface area contributed by atoms with E-state index in [1.54, 1.807) is 13.3 Å². The molecule has 8 heteroatoms. The van der Waals surface area contributed by atoms with Crippen LogP contribution >= 0.6 is 0 Å². The highest BCUT2D eigenvalue weighted by Crippen LogP contribution is 2.38. The summed E-state index contributed by atoms with van der Waals surface area (Å²) in [5.41, 5.74) is 9.99. The summed E-state index contributed by atoms with van der Waals surface area (Å²) in [4.78, 5) is 13.7. The Morgan fingerprint density at radius 1 is 1.15 bits per heavy atom. The standard InChI is InChI=1S/C25H29N7O/c1-30(2)18-10-12-31(16-18)22-15-23(33-3)20(14-19(22)26)28-25-27-11-8-24(29-25)32-13-9-17-6-4-5-7-21(17)32/h4-9,11,13-15,18H,10,12,16,26H2,1-3H3,(H,27,28,29)/t18-/m1/s1. The van der Waals surface area contributed by atoms with Gasteiger partial charge in [-0.1, -0.05) is 18.2 Å². The van der Waals surface area contributed by atoms with Gasteiger partial charge in [0.25, 0.3) is 0 Å². The first-order valence-corrected chi connectivity index (χ1v) is 11.1. The van der Waals surface area contributed by atoms with Crippen molar-refractivity contribution in [3.63, 3.8) is 0 Å². The zero-order chi connectivity index (χ0) is 22.9. The fourth-order valence-electron chi connectivity index (χ4n) is 4.46. The number of aromatic nitrogens is 3. The summed E-state index contributed by atoms with van der Waals surface area (Å²) in [5.74, 6) is 1.96. The molecule has 8 nitrogen and oxygen atoms in total. The number of benzene rings is 2. The molecule has 4 aromatic rings. The molecular weight excluding hydrogens is 414 g/mol. The highest BCUT2D eigenvalue weighted by molar-refractivity contribution is 5.82. The van der Waals surface area contributed by atoms with Gasteiger partial charge in [-0.25, -0.2) is 4.98 Å². The van der Waals surface area contributed by atoms with Gasteiger partial charge in [0.05, 0.1) is 29.7 Å². The summed E-state index contributed by atoms with van der Waals surface area (Å²) in [6, 6.07) is 16.6. The molecule has 0 spiro atoms. The molecule has 0 aliphatic carbocycles. The summed E-state index contributed by atoms with van der Waals surface area (Å²) in [5, 5.41) is 4.45. The van der Waals surface area contributed by atoms with Crippen LogP contribution in [0.5, 0.6) is 5.75 Å². The average molecular weight is 444 g/mol. The predicted molar refractivity (Wildman–Crippen MR) is 134 cm³/mol. The largest absolute Gasteiger partial charge is 0.494 e. The highest BCUT2D eigenvalue weighted by Gasteiger charge is 2.26. The van der Waals surface area contributed by atoms with E-state index in [0.29, 0.717) is 23.4 Å². The van der Waals surface area contributed by atoms with Crippen molar-refractivity contribution in [3.05, 3.63) is 60.9 Å². The molecule has 2 aromatic carbocycles. The van der Waals surface area contributed by atoms with Crippen molar-refractivity contribution < 1.29 is 4.74 Å². The third kappa shape index (κ3) is 4.05. The van der Waals surface area contributed by atoms with Crippen molar-refractivity contribution in [2.75, 3.05) is 50.2 Å². The highest BCUT2D eigenvalue weighted by atomic mass is 16.5. The first kappa shape index (κ1) is 21.1. The Morgan fingerprint density at radius 3 is 2.79 bits per heavy atom. The van der Waals surface area contributed by atoms with E-state index in [9.17, 15) is 0 Å². The van der Waals surface area contributed by atoms with Crippen LogP contribution in [0.15, 0.2) is 60.9 Å². The monoisotopic (exact) mass is 443 g/mol. The lowest BCUT2D eigenvalue weighted by molar-refractivity contribution is 0.315. The molecule has 0 unspecified atom stereocenters. The lowest BCUT2D eigenvalue weighted by atomic mass is 10.2. The second-order valence-corrected chi connectivity index (χ2v) is 8.57.